The van der Waals surface area contributed by atoms with Crippen molar-refractivity contribution in [1.82, 2.24) is 10.2 Å². The Morgan fingerprint density at radius 2 is 2.04 bits per heavy atom. The summed E-state index contributed by atoms with van der Waals surface area (Å²) in [6.45, 7) is 1.89. The van der Waals surface area contributed by atoms with Gasteiger partial charge in [-0.3, -0.25) is 9.82 Å². The minimum absolute atomic E-state index is 0.134. The van der Waals surface area contributed by atoms with E-state index < -0.39 is 16.0 Å². The molecule has 0 unspecified atom stereocenters. The Kier molecular flexibility index (Phi) is 3.94. The lowest BCUT2D eigenvalue weighted by Crippen LogP contribution is -2.14. The Labute approximate surface area is 142 Å². The molecule has 0 radical (unpaired) electrons. The highest BCUT2D eigenvalue weighted by Gasteiger charge is 2.19. The van der Waals surface area contributed by atoms with Crippen molar-refractivity contribution in [2.75, 3.05) is 4.72 Å². The molecule has 3 aromatic rings. The number of carbonyl (C=O) groups is 1. The molecule has 0 saturated heterocycles. The summed E-state index contributed by atoms with van der Waals surface area (Å²) >= 11 is 5.84. The number of anilines is 1. The lowest BCUT2D eigenvalue weighted by molar-refractivity contribution is 0.0697. The number of hydrogen-bond donors (Lipinski definition) is 3. The van der Waals surface area contributed by atoms with Gasteiger partial charge in [-0.05, 0) is 36.8 Å². The third-order valence-corrected chi connectivity index (χ3v) is 5.23. The Morgan fingerprint density at radius 1 is 1.29 bits per heavy atom. The molecule has 9 heteroatoms. The average molecular weight is 366 g/mol. The van der Waals surface area contributed by atoms with Crippen molar-refractivity contribution in [1.29, 1.82) is 0 Å². The monoisotopic (exact) mass is 365 g/mol. The summed E-state index contributed by atoms with van der Waals surface area (Å²) < 4.78 is 27.5. The molecule has 0 fully saturated rings. The molecule has 2 aromatic carbocycles. The number of sulfonamides is 1. The zero-order valence-corrected chi connectivity index (χ0v) is 13.9. The molecule has 0 saturated carbocycles. The Balaban J connectivity index is 2.02. The van der Waals surface area contributed by atoms with Gasteiger partial charge in [0.05, 0.1) is 32.9 Å². The number of aromatic amines is 1. The van der Waals surface area contributed by atoms with Crippen LogP contribution in [0.25, 0.3) is 10.9 Å². The van der Waals surface area contributed by atoms with E-state index in [1.54, 1.807) is 18.3 Å². The summed E-state index contributed by atoms with van der Waals surface area (Å²) in [5, 5.41) is 16.3. The zero-order valence-electron chi connectivity index (χ0n) is 12.4. The number of rotatable bonds is 4. The first-order valence-corrected chi connectivity index (χ1v) is 8.64. The second kappa shape index (κ2) is 5.81. The van der Waals surface area contributed by atoms with Gasteiger partial charge in [0.2, 0.25) is 0 Å². The van der Waals surface area contributed by atoms with Gasteiger partial charge < -0.3 is 5.11 Å². The van der Waals surface area contributed by atoms with Crippen molar-refractivity contribution in [2.45, 2.75) is 11.8 Å². The fourth-order valence-electron chi connectivity index (χ4n) is 2.30. The average Bonchev–Trinajstić information content (AvgIpc) is 3.00. The van der Waals surface area contributed by atoms with Gasteiger partial charge in [0, 0.05) is 5.39 Å². The summed E-state index contributed by atoms with van der Waals surface area (Å²) in [6, 6.07) is 6.85. The van der Waals surface area contributed by atoms with Crippen LogP contribution in [0.4, 0.5) is 5.69 Å². The van der Waals surface area contributed by atoms with Gasteiger partial charge in [-0.2, -0.15) is 5.10 Å². The standard InChI is InChI=1S/C15H12ClN3O4S/c1-8-2-5-13(14-11(8)7-17-18-14)19-24(22,23)9-3-4-10(15(20)21)12(16)6-9/h2-7,19H,1H3,(H,17,18)(H,20,21). The SMILES string of the molecule is Cc1ccc(NS(=O)(=O)c2ccc(C(=O)O)c(Cl)c2)c2[nH]ncc12. The predicted octanol–water partition coefficient (Wildman–Crippen LogP) is 3.02. The van der Waals surface area contributed by atoms with E-state index in [0.717, 1.165) is 23.1 Å². The van der Waals surface area contributed by atoms with Gasteiger partial charge in [0.25, 0.3) is 10.0 Å². The van der Waals surface area contributed by atoms with Crippen LogP contribution < -0.4 is 4.72 Å². The summed E-state index contributed by atoms with van der Waals surface area (Å²) in [5.74, 6) is -1.23. The smallest absolute Gasteiger partial charge is 0.337 e. The summed E-state index contributed by atoms with van der Waals surface area (Å²) in [4.78, 5) is 10.8. The van der Waals surface area contributed by atoms with Crippen molar-refractivity contribution in [3.8, 4) is 0 Å². The molecule has 1 heterocycles. The highest BCUT2D eigenvalue weighted by atomic mass is 35.5. The highest BCUT2D eigenvalue weighted by Crippen LogP contribution is 2.27. The van der Waals surface area contributed by atoms with Gasteiger partial charge in [-0.25, -0.2) is 13.2 Å². The molecule has 0 aliphatic rings. The van der Waals surface area contributed by atoms with Crippen molar-refractivity contribution in [3.05, 3.63) is 52.7 Å². The van der Waals surface area contributed by atoms with Crippen LogP contribution in [0.2, 0.25) is 5.02 Å². The van der Waals surface area contributed by atoms with Gasteiger partial charge in [-0.15, -0.1) is 0 Å². The molecule has 3 N–H and O–H groups in total. The summed E-state index contributed by atoms with van der Waals surface area (Å²) in [7, 11) is -3.94. The first-order valence-electron chi connectivity index (χ1n) is 6.78. The molecule has 0 aliphatic carbocycles. The number of fused-ring (bicyclic) bond motifs is 1. The van der Waals surface area contributed by atoms with Crippen LogP contribution in [-0.2, 0) is 10.0 Å². The lowest BCUT2D eigenvalue weighted by Gasteiger charge is -2.10. The fourth-order valence-corrected chi connectivity index (χ4v) is 3.72. The first kappa shape index (κ1) is 16.3. The van der Waals surface area contributed by atoms with Gasteiger partial charge in [-0.1, -0.05) is 17.7 Å². The number of aromatic carboxylic acids is 1. The van der Waals surface area contributed by atoms with Gasteiger partial charge in [0.15, 0.2) is 0 Å². The van der Waals surface area contributed by atoms with E-state index in [1.807, 2.05) is 6.92 Å². The van der Waals surface area contributed by atoms with E-state index in [4.69, 9.17) is 16.7 Å². The predicted molar refractivity (Wildman–Crippen MR) is 90.1 cm³/mol. The maximum atomic E-state index is 12.5. The molecule has 0 atom stereocenters. The molecular weight excluding hydrogens is 354 g/mol. The number of nitrogens with one attached hydrogen (secondary N) is 2. The molecule has 0 spiro atoms. The number of carboxylic acids is 1. The number of halogens is 1. The van der Waals surface area contributed by atoms with Crippen LogP contribution in [0.15, 0.2) is 41.4 Å². The minimum Gasteiger partial charge on any atom is -0.478 e. The van der Waals surface area contributed by atoms with Crippen molar-refractivity contribution in [2.24, 2.45) is 0 Å². The molecule has 1 aromatic heterocycles. The van der Waals surface area contributed by atoms with Crippen LogP contribution in [0.3, 0.4) is 0 Å². The fraction of sp³-hybridized carbons (Fsp3) is 0.0667. The van der Waals surface area contributed by atoms with Crippen LogP contribution in [0, 0.1) is 6.92 Å². The van der Waals surface area contributed by atoms with E-state index in [-0.39, 0.29) is 15.5 Å². The summed E-state index contributed by atoms with van der Waals surface area (Å²) in [6.07, 6.45) is 1.61. The third-order valence-electron chi connectivity index (χ3n) is 3.56. The molecule has 0 amide bonds. The van der Waals surface area contributed by atoms with E-state index in [0.29, 0.717) is 11.2 Å². The van der Waals surface area contributed by atoms with E-state index >= 15 is 0 Å². The topological polar surface area (TPSA) is 112 Å². The van der Waals surface area contributed by atoms with Crippen LogP contribution in [-0.4, -0.2) is 29.7 Å². The first-order chi connectivity index (χ1) is 11.3. The number of H-pyrrole nitrogens is 1. The maximum Gasteiger partial charge on any atom is 0.337 e. The summed E-state index contributed by atoms with van der Waals surface area (Å²) in [5.41, 5.74) is 1.69. The van der Waals surface area contributed by atoms with Crippen molar-refractivity contribution >= 4 is 44.2 Å². The Bertz CT molecular complexity index is 1060. The van der Waals surface area contributed by atoms with E-state index in [9.17, 15) is 13.2 Å². The molecular formula is C15H12ClN3O4S. The van der Waals surface area contributed by atoms with Crippen molar-refractivity contribution in [3.63, 3.8) is 0 Å². The molecule has 7 nitrogen and oxygen atoms in total. The normalized spacial score (nSPS) is 11.6. The van der Waals surface area contributed by atoms with Crippen LogP contribution >= 0.6 is 11.6 Å². The Hall–Kier alpha value is -2.58. The zero-order chi connectivity index (χ0) is 17.5. The number of carboxylic acid groups (broad SMARTS) is 1. The van der Waals surface area contributed by atoms with E-state index in [1.165, 1.54) is 6.07 Å². The number of hydrogen-bond acceptors (Lipinski definition) is 4. The second-order valence-corrected chi connectivity index (χ2v) is 7.23. The molecule has 0 bridgehead atoms. The third kappa shape index (κ3) is 2.81. The number of aryl methyl sites for hydroxylation is 1. The number of aromatic nitrogens is 2. The Morgan fingerprint density at radius 3 is 2.71 bits per heavy atom. The van der Waals surface area contributed by atoms with Crippen molar-refractivity contribution < 1.29 is 18.3 Å². The van der Waals surface area contributed by atoms with Gasteiger partial charge in [0.1, 0.15) is 0 Å². The van der Waals surface area contributed by atoms with Crippen LogP contribution in [0.5, 0.6) is 0 Å². The van der Waals surface area contributed by atoms with Gasteiger partial charge >= 0.3 is 5.97 Å². The van der Waals surface area contributed by atoms with E-state index in [2.05, 4.69) is 14.9 Å². The number of nitrogens with zero attached hydrogens (tertiary/aromatic N) is 1. The molecule has 124 valence electrons. The molecule has 0 aliphatic heterocycles. The second-order valence-electron chi connectivity index (χ2n) is 5.14. The maximum absolute atomic E-state index is 12.5. The minimum atomic E-state index is -3.94. The highest BCUT2D eigenvalue weighted by molar-refractivity contribution is 7.92. The quantitative estimate of drug-likeness (QED) is 0.657. The molecule has 3 rings (SSSR count). The number of benzene rings is 2. The largest absolute Gasteiger partial charge is 0.478 e. The molecule has 24 heavy (non-hydrogen) atoms. The van der Waals surface area contributed by atoms with Crippen LogP contribution in [0.1, 0.15) is 15.9 Å². The lowest BCUT2D eigenvalue weighted by atomic mass is 10.1.